The second-order valence-electron chi connectivity index (χ2n) is 8.98. The molecule has 1 fully saturated rings. The maximum atomic E-state index is 13.9. The van der Waals surface area contributed by atoms with E-state index in [2.05, 4.69) is 31.1 Å². The monoisotopic (exact) mass is 594 g/mol. The van der Waals surface area contributed by atoms with Crippen LogP contribution in [0.1, 0.15) is 36.9 Å². The van der Waals surface area contributed by atoms with E-state index in [4.69, 9.17) is 14.5 Å². The topological polar surface area (TPSA) is 113 Å². The number of amidine groups is 1. The average molecular weight is 595 g/mol. The molecule has 4 atom stereocenters. The zero-order chi connectivity index (χ0) is 26.7. The summed E-state index contributed by atoms with van der Waals surface area (Å²) in [4.78, 5) is 36.1. The number of thiazole rings is 1. The molecular weight excluding hydrogens is 567 g/mol. The first kappa shape index (κ1) is 27.4. The number of carbonyl (C=O) groups is 2. The highest BCUT2D eigenvalue weighted by molar-refractivity contribution is 9.10. The van der Waals surface area contributed by atoms with E-state index in [-0.39, 0.29) is 12.1 Å². The molecule has 2 aliphatic rings. The molecule has 0 saturated carbocycles. The van der Waals surface area contributed by atoms with Gasteiger partial charge in [-0.15, -0.1) is 11.3 Å². The van der Waals surface area contributed by atoms with Crippen LogP contribution in [0.3, 0.4) is 0 Å². The molecule has 12 heteroatoms. The molecule has 0 amide bonds. The third kappa shape index (κ3) is 6.08. The van der Waals surface area contributed by atoms with Crippen molar-refractivity contribution in [2.45, 2.75) is 38.5 Å². The standard InChI is InChI=1S/C25H28BrFN4O5S/c1-13(24(32)33)10-19-14(2)36-8-7-31(19)12-18-20(25(34)35-3)21(16-5-4-15(27)11-17(16)26)30-22(29-18)23-28-6-9-37-23/h4-6,9,11,13-14,19,21H,7-8,10,12H2,1-3H3,(H,29,30)(H,32,33)/t13?,14-,19-,21+/m1/s1. The highest BCUT2D eigenvalue weighted by Gasteiger charge is 2.37. The molecule has 4 rings (SSSR count). The Hall–Kier alpha value is -2.67. The van der Waals surface area contributed by atoms with Crippen LogP contribution >= 0.6 is 27.3 Å². The molecule has 2 N–H and O–H groups in total. The minimum atomic E-state index is -0.873. The lowest BCUT2D eigenvalue weighted by atomic mass is 9.93. The molecule has 9 nitrogen and oxygen atoms in total. The van der Waals surface area contributed by atoms with Crippen molar-refractivity contribution in [1.82, 2.24) is 15.2 Å². The summed E-state index contributed by atoms with van der Waals surface area (Å²) in [7, 11) is 1.30. The van der Waals surface area contributed by atoms with E-state index in [0.29, 0.717) is 58.3 Å². The first-order valence-electron chi connectivity index (χ1n) is 11.8. The van der Waals surface area contributed by atoms with Crippen LogP contribution in [0, 0.1) is 11.7 Å². The number of halogens is 2. The Bertz CT molecular complexity index is 1220. The number of carbonyl (C=O) groups excluding carboxylic acids is 1. The summed E-state index contributed by atoms with van der Waals surface area (Å²) in [6, 6.07) is 3.27. The summed E-state index contributed by atoms with van der Waals surface area (Å²) >= 11 is 4.82. The number of ether oxygens (including phenoxy) is 2. The maximum Gasteiger partial charge on any atom is 0.338 e. The number of nitrogens with zero attached hydrogens (tertiary/aromatic N) is 3. The summed E-state index contributed by atoms with van der Waals surface area (Å²) < 4.78 is 25.4. The molecule has 0 bridgehead atoms. The fourth-order valence-electron chi connectivity index (χ4n) is 4.60. The van der Waals surface area contributed by atoms with Crippen molar-refractivity contribution in [2.75, 3.05) is 26.8 Å². The van der Waals surface area contributed by atoms with Gasteiger partial charge in [-0.25, -0.2) is 14.2 Å². The Morgan fingerprint density at radius 3 is 2.86 bits per heavy atom. The number of aliphatic imine (C=N–C) groups is 1. The number of carboxylic acids is 1. The van der Waals surface area contributed by atoms with Crippen LogP contribution < -0.4 is 5.32 Å². The number of aliphatic carboxylic acids is 1. The molecule has 0 radical (unpaired) electrons. The quantitative estimate of drug-likeness (QED) is 0.444. The van der Waals surface area contributed by atoms with Crippen molar-refractivity contribution < 1.29 is 28.6 Å². The number of rotatable bonds is 8. The SMILES string of the molecule is COC(=O)C1=C(CN2CCO[C@H](C)[C@H]2CC(C)C(=O)O)NC(c2nccs2)=N[C@H]1c1ccc(F)cc1Br. The van der Waals surface area contributed by atoms with Gasteiger partial charge in [0.2, 0.25) is 0 Å². The number of methoxy groups -OCH3 is 1. The second-order valence-corrected chi connectivity index (χ2v) is 10.7. The van der Waals surface area contributed by atoms with E-state index in [9.17, 15) is 19.1 Å². The molecule has 2 aliphatic heterocycles. The molecular formula is C25H28BrFN4O5S. The summed E-state index contributed by atoms with van der Waals surface area (Å²) in [6.45, 7) is 4.93. The predicted octanol–water partition coefficient (Wildman–Crippen LogP) is 3.76. The van der Waals surface area contributed by atoms with Gasteiger partial charge in [0.1, 0.15) is 11.9 Å². The van der Waals surface area contributed by atoms with Crippen LogP contribution in [0.15, 0.2) is 50.5 Å². The van der Waals surface area contributed by atoms with Gasteiger partial charge in [-0.1, -0.05) is 28.9 Å². The second kappa shape index (κ2) is 11.8. The lowest BCUT2D eigenvalue weighted by Gasteiger charge is -2.42. The number of carboxylic acid groups (broad SMARTS) is 1. The van der Waals surface area contributed by atoms with Crippen LogP contribution in [0.25, 0.3) is 0 Å². The van der Waals surface area contributed by atoms with Gasteiger partial charge in [-0.3, -0.25) is 14.7 Å². The first-order valence-corrected chi connectivity index (χ1v) is 13.5. The predicted molar refractivity (Wildman–Crippen MR) is 140 cm³/mol. The zero-order valence-electron chi connectivity index (χ0n) is 20.6. The summed E-state index contributed by atoms with van der Waals surface area (Å²) in [5.41, 5.74) is 1.45. The van der Waals surface area contributed by atoms with E-state index in [1.165, 1.54) is 30.6 Å². The fourth-order valence-corrected chi connectivity index (χ4v) is 5.76. The van der Waals surface area contributed by atoms with E-state index < -0.39 is 29.7 Å². The van der Waals surface area contributed by atoms with Gasteiger partial charge in [0.05, 0.1) is 31.3 Å². The molecule has 1 unspecified atom stereocenters. The number of hydrogen-bond donors (Lipinski definition) is 2. The number of nitrogens with one attached hydrogen (secondary N) is 1. The van der Waals surface area contributed by atoms with E-state index in [1.54, 1.807) is 19.2 Å². The van der Waals surface area contributed by atoms with E-state index in [1.807, 2.05) is 12.3 Å². The molecule has 0 aliphatic carbocycles. The highest BCUT2D eigenvalue weighted by atomic mass is 79.9. The smallest absolute Gasteiger partial charge is 0.338 e. The van der Waals surface area contributed by atoms with Gasteiger partial charge >= 0.3 is 11.9 Å². The van der Waals surface area contributed by atoms with Gasteiger partial charge in [-0.05, 0) is 31.0 Å². The highest BCUT2D eigenvalue weighted by Crippen LogP contribution is 2.37. The summed E-state index contributed by atoms with van der Waals surface area (Å²) in [5.74, 6) is -1.95. The summed E-state index contributed by atoms with van der Waals surface area (Å²) in [5, 5.41) is 15.3. The van der Waals surface area contributed by atoms with Crippen molar-refractivity contribution in [3.8, 4) is 0 Å². The largest absolute Gasteiger partial charge is 0.481 e. The average Bonchev–Trinajstić information content (AvgIpc) is 3.40. The molecule has 1 aromatic carbocycles. The number of benzene rings is 1. The minimum Gasteiger partial charge on any atom is -0.481 e. The number of morpholine rings is 1. The molecule has 2 aromatic rings. The lowest BCUT2D eigenvalue weighted by Crippen LogP contribution is -2.53. The minimum absolute atomic E-state index is 0.189. The molecule has 0 spiro atoms. The Labute approximate surface area is 226 Å². The Balaban J connectivity index is 1.79. The van der Waals surface area contributed by atoms with Crippen LogP contribution in [0.5, 0.6) is 0 Å². The van der Waals surface area contributed by atoms with E-state index in [0.717, 1.165) is 0 Å². The van der Waals surface area contributed by atoms with Crippen LogP contribution in [-0.2, 0) is 19.1 Å². The van der Waals surface area contributed by atoms with Gasteiger partial charge in [0, 0.05) is 40.9 Å². The normalized spacial score (nSPS) is 23.3. The Kier molecular flexibility index (Phi) is 8.73. The van der Waals surface area contributed by atoms with Gasteiger partial charge in [0.15, 0.2) is 10.8 Å². The fraction of sp³-hybridized carbons (Fsp3) is 0.440. The van der Waals surface area contributed by atoms with Crippen LogP contribution in [-0.4, -0.2) is 71.7 Å². The van der Waals surface area contributed by atoms with Crippen molar-refractivity contribution in [3.05, 3.63) is 61.9 Å². The third-order valence-corrected chi connectivity index (χ3v) is 8.04. The van der Waals surface area contributed by atoms with Crippen molar-refractivity contribution in [3.63, 3.8) is 0 Å². The van der Waals surface area contributed by atoms with Crippen LogP contribution in [0.2, 0.25) is 0 Å². The third-order valence-electron chi connectivity index (χ3n) is 6.57. The van der Waals surface area contributed by atoms with E-state index >= 15 is 0 Å². The van der Waals surface area contributed by atoms with Crippen molar-refractivity contribution in [2.24, 2.45) is 10.9 Å². The number of esters is 1. The maximum absolute atomic E-state index is 13.9. The molecule has 1 saturated heterocycles. The van der Waals surface area contributed by atoms with Gasteiger partial charge in [0.25, 0.3) is 0 Å². The van der Waals surface area contributed by atoms with Gasteiger partial charge in [-0.2, -0.15) is 0 Å². The van der Waals surface area contributed by atoms with Crippen molar-refractivity contribution >= 4 is 45.0 Å². The molecule has 3 heterocycles. The molecule has 198 valence electrons. The molecule has 1 aromatic heterocycles. The van der Waals surface area contributed by atoms with Crippen molar-refractivity contribution in [1.29, 1.82) is 0 Å². The zero-order valence-corrected chi connectivity index (χ0v) is 23.0. The first-order chi connectivity index (χ1) is 17.7. The number of aromatic nitrogens is 1. The Morgan fingerprint density at radius 2 is 2.22 bits per heavy atom. The van der Waals surface area contributed by atoms with Gasteiger partial charge < -0.3 is 19.9 Å². The Morgan fingerprint density at radius 1 is 1.43 bits per heavy atom. The number of hydrogen-bond acceptors (Lipinski definition) is 9. The lowest BCUT2D eigenvalue weighted by molar-refractivity contribution is -0.143. The van der Waals surface area contributed by atoms with Crippen LogP contribution in [0.4, 0.5) is 4.39 Å². The molecule has 37 heavy (non-hydrogen) atoms. The summed E-state index contributed by atoms with van der Waals surface area (Å²) in [6.07, 6.45) is 1.85.